The van der Waals surface area contributed by atoms with Crippen LogP contribution in [0.3, 0.4) is 0 Å². The molecule has 3 N–H and O–H groups in total. The van der Waals surface area contributed by atoms with Crippen molar-refractivity contribution < 1.29 is 9.53 Å². The van der Waals surface area contributed by atoms with Gasteiger partial charge in [0.25, 0.3) is 0 Å². The number of nitrogens with zero attached hydrogens (tertiary/aromatic N) is 2. The molecule has 14 heavy (non-hydrogen) atoms. The summed E-state index contributed by atoms with van der Waals surface area (Å²) in [6.45, 7) is 1.14. The number of nitrogens with one attached hydrogen (secondary N) is 1. The van der Waals surface area contributed by atoms with E-state index in [1.54, 1.807) is 0 Å². The van der Waals surface area contributed by atoms with E-state index >= 15 is 0 Å². The zero-order chi connectivity index (χ0) is 9.97. The molecular weight excluding hydrogens is 204 g/mol. The Morgan fingerprint density at radius 3 is 3.07 bits per heavy atom. The van der Waals surface area contributed by atoms with Gasteiger partial charge in [-0.05, 0) is 6.42 Å². The maximum Gasteiger partial charge on any atom is 0.231 e. The van der Waals surface area contributed by atoms with Gasteiger partial charge in [0, 0.05) is 6.61 Å². The second-order valence-corrected chi connectivity index (χ2v) is 4.00. The highest BCUT2D eigenvalue weighted by Gasteiger charge is 2.24. The maximum atomic E-state index is 11.5. The smallest absolute Gasteiger partial charge is 0.231 e. The lowest BCUT2D eigenvalue weighted by molar-refractivity contribution is -0.119. The van der Waals surface area contributed by atoms with E-state index in [1.165, 1.54) is 0 Å². The van der Waals surface area contributed by atoms with Crippen LogP contribution in [0.15, 0.2) is 0 Å². The minimum atomic E-state index is -0.0707. The molecule has 0 bridgehead atoms. The van der Waals surface area contributed by atoms with E-state index < -0.39 is 0 Å². The van der Waals surface area contributed by atoms with E-state index in [1.807, 2.05) is 0 Å². The summed E-state index contributed by atoms with van der Waals surface area (Å²) in [6, 6.07) is 0. The predicted molar refractivity (Wildman–Crippen MR) is 51.9 cm³/mol. The van der Waals surface area contributed by atoms with Gasteiger partial charge >= 0.3 is 0 Å². The summed E-state index contributed by atoms with van der Waals surface area (Å²) in [6.07, 6.45) is 0.764. The number of carbonyl (C=O) groups is 1. The molecule has 0 spiro atoms. The lowest BCUT2D eigenvalue weighted by Gasteiger charge is -2.05. The summed E-state index contributed by atoms with van der Waals surface area (Å²) in [5, 5.41) is 10.7. The van der Waals surface area contributed by atoms with Gasteiger partial charge < -0.3 is 15.8 Å². The monoisotopic (exact) mass is 214 g/mol. The molecule has 0 aliphatic carbocycles. The van der Waals surface area contributed by atoms with Crippen molar-refractivity contribution in [2.45, 2.75) is 6.42 Å². The van der Waals surface area contributed by atoms with Crippen LogP contribution in [0.4, 0.5) is 10.3 Å². The van der Waals surface area contributed by atoms with E-state index in [4.69, 9.17) is 10.5 Å². The minimum absolute atomic E-state index is 0.0693. The Morgan fingerprint density at radius 2 is 2.50 bits per heavy atom. The Bertz CT molecular complexity index is 334. The van der Waals surface area contributed by atoms with Crippen molar-refractivity contribution >= 4 is 27.5 Å². The molecule has 6 nitrogen and oxygen atoms in total. The molecule has 0 saturated carbocycles. The van der Waals surface area contributed by atoms with Gasteiger partial charge in [-0.3, -0.25) is 4.79 Å². The van der Waals surface area contributed by atoms with Crippen LogP contribution < -0.4 is 11.1 Å². The molecule has 1 saturated heterocycles. The van der Waals surface area contributed by atoms with Gasteiger partial charge in [-0.25, -0.2) is 0 Å². The summed E-state index contributed by atoms with van der Waals surface area (Å²) < 4.78 is 5.10. The lowest BCUT2D eigenvalue weighted by atomic mass is 10.1. The number of hydrogen-bond donors (Lipinski definition) is 2. The Morgan fingerprint density at radius 1 is 1.64 bits per heavy atom. The summed E-state index contributed by atoms with van der Waals surface area (Å²) in [5.41, 5.74) is 5.38. The molecule has 1 fully saturated rings. The summed E-state index contributed by atoms with van der Waals surface area (Å²) >= 11 is 1.16. The fourth-order valence-corrected chi connectivity index (χ4v) is 1.75. The fraction of sp³-hybridized carbons (Fsp3) is 0.571. The average Bonchev–Trinajstić information content (AvgIpc) is 2.75. The predicted octanol–water partition coefficient (Wildman–Crippen LogP) is 0.0953. The molecule has 1 aliphatic rings. The molecule has 0 aromatic carbocycles. The Hall–Kier alpha value is -1.21. The third-order valence-electron chi connectivity index (χ3n) is 1.97. The minimum Gasteiger partial charge on any atom is -0.381 e. The van der Waals surface area contributed by atoms with Gasteiger partial charge in [0.1, 0.15) is 0 Å². The topological polar surface area (TPSA) is 90.1 Å². The number of hydrogen-bond acceptors (Lipinski definition) is 6. The first-order valence-corrected chi connectivity index (χ1v) is 5.05. The number of carbonyl (C=O) groups excluding carboxylic acids is 1. The van der Waals surface area contributed by atoms with Crippen LogP contribution in [0.2, 0.25) is 0 Å². The molecule has 1 aromatic heterocycles. The van der Waals surface area contributed by atoms with Gasteiger partial charge in [0.2, 0.25) is 16.2 Å². The van der Waals surface area contributed by atoms with Crippen LogP contribution in [0.25, 0.3) is 0 Å². The summed E-state index contributed by atoms with van der Waals surface area (Å²) in [5.74, 6) is -0.140. The van der Waals surface area contributed by atoms with Crippen molar-refractivity contribution in [3.63, 3.8) is 0 Å². The second kappa shape index (κ2) is 3.89. The van der Waals surface area contributed by atoms with Crippen molar-refractivity contribution in [2.75, 3.05) is 24.3 Å². The van der Waals surface area contributed by atoms with E-state index in [0.29, 0.717) is 23.5 Å². The zero-order valence-electron chi connectivity index (χ0n) is 7.40. The van der Waals surface area contributed by atoms with Gasteiger partial charge in [-0.1, -0.05) is 11.3 Å². The van der Waals surface area contributed by atoms with Crippen molar-refractivity contribution in [3.8, 4) is 0 Å². The van der Waals surface area contributed by atoms with Crippen LogP contribution in [-0.2, 0) is 9.53 Å². The van der Waals surface area contributed by atoms with Crippen LogP contribution in [0.5, 0.6) is 0 Å². The highest BCUT2D eigenvalue weighted by molar-refractivity contribution is 7.18. The van der Waals surface area contributed by atoms with E-state index in [-0.39, 0.29) is 11.8 Å². The van der Waals surface area contributed by atoms with Gasteiger partial charge in [0.15, 0.2) is 0 Å². The second-order valence-electron chi connectivity index (χ2n) is 3.00. The number of amides is 1. The van der Waals surface area contributed by atoms with Crippen LogP contribution in [0, 0.1) is 5.92 Å². The first-order chi connectivity index (χ1) is 6.75. The van der Waals surface area contributed by atoms with Crippen molar-refractivity contribution in [1.29, 1.82) is 0 Å². The quantitative estimate of drug-likeness (QED) is 0.728. The normalized spacial score (nSPS) is 21.0. The summed E-state index contributed by atoms with van der Waals surface area (Å²) in [7, 11) is 0. The third-order valence-corrected chi connectivity index (χ3v) is 2.64. The molecule has 1 aromatic rings. The molecule has 1 atom stereocenters. The van der Waals surface area contributed by atoms with E-state index in [9.17, 15) is 4.79 Å². The first-order valence-electron chi connectivity index (χ1n) is 4.23. The maximum absolute atomic E-state index is 11.5. The van der Waals surface area contributed by atoms with Crippen molar-refractivity contribution in [1.82, 2.24) is 10.2 Å². The number of ether oxygens (including phenoxy) is 1. The van der Waals surface area contributed by atoms with E-state index in [2.05, 4.69) is 15.5 Å². The Labute approximate surface area is 84.5 Å². The molecule has 1 aliphatic heterocycles. The number of aromatic nitrogens is 2. The fourth-order valence-electron chi connectivity index (χ4n) is 1.23. The molecule has 2 heterocycles. The summed E-state index contributed by atoms with van der Waals surface area (Å²) in [4.78, 5) is 11.5. The number of anilines is 2. The molecule has 1 unspecified atom stereocenters. The number of nitrogen functional groups attached to an aromatic ring is 1. The molecule has 7 heteroatoms. The Balaban J connectivity index is 1.93. The Kier molecular flexibility index (Phi) is 2.60. The SMILES string of the molecule is Nc1nnc(NC(=O)C2CCOC2)s1. The first kappa shape index (κ1) is 9.35. The molecule has 1 amide bonds. The van der Waals surface area contributed by atoms with Crippen LogP contribution >= 0.6 is 11.3 Å². The standard InChI is InChI=1S/C7H10N4O2S/c8-6-10-11-7(14-6)9-5(12)4-1-2-13-3-4/h4H,1-3H2,(H2,8,10)(H,9,11,12). The van der Waals surface area contributed by atoms with Gasteiger partial charge in [0.05, 0.1) is 12.5 Å². The lowest BCUT2D eigenvalue weighted by Crippen LogP contribution is -2.22. The van der Waals surface area contributed by atoms with Crippen LogP contribution in [-0.4, -0.2) is 29.3 Å². The molecule has 0 radical (unpaired) electrons. The number of nitrogens with two attached hydrogens (primary N) is 1. The van der Waals surface area contributed by atoms with Gasteiger partial charge in [-0.2, -0.15) is 0 Å². The highest BCUT2D eigenvalue weighted by atomic mass is 32.1. The molecular formula is C7H10N4O2S. The molecule has 76 valence electrons. The van der Waals surface area contributed by atoms with Crippen molar-refractivity contribution in [3.05, 3.63) is 0 Å². The largest absolute Gasteiger partial charge is 0.381 e. The van der Waals surface area contributed by atoms with Gasteiger partial charge in [-0.15, -0.1) is 10.2 Å². The highest BCUT2D eigenvalue weighted by Crippen LogP contribution is 2.19. The number of rotatable bonds is 2. The molecule has 2 rings (SSSR count). The third kappa shape index (κ3) is 1.99. The zero-order valence-corrected chi connectivity index (χ0v) is 8.21. The van der Waals surface area contributed by atoms with Crippen molar-refractivity contribution in [2.24, 2.45) is 5.92 Å². The van der Waals surface area contributed by atoms with Crippen LogP contribution in [0.1, 0.15) is 6.42 Å². The van der Waals surface area contributed by atoms with E-state index in [0.717, 1.165) is 17.8 Å². The average molecular weight is 214 g/mol.